The van der Waals surface area contributed by atoms with Crippen molar-refractivity contribution in [2.75, 3.05) is 13.1 Å². The fourth-order valence-electron chi connectivity index (χ4n) is 4.06. The molecule has 0 saturated carbocycles. The molecule has 132 valence electrons. The number of piperidine rings is 1. The molecular weight excluding hydrogens is 332 g/mol. The SMILES string of the molecule is CC1CCN(Cc2nc3sc4c(c3c(=O)n2CC#N)CCCC4)CC1. The highest BCUT2D eigenvalue weighted by molar-refractivity contribution is 7.18. The minimum atomic E-state index is -0.00803. The van der Waals surface area contributed by atoms with Gasteiger partial charge in [-0.25, -0.2) is 4.98 Å². The Labute approximate surface area is 151 Å². The first kappa shape index (κ1) is 16.7. The van der Waals surface area contributed by atoms with Crippen molar-refractivity contribution in [2.45, 2.75) is 58.5 Å². The summed E-state index contributed by atoms with van der Waals surface area (Å²) in [6, 6.07) is 2.15. The average molecular weight is 356 g/mol. The smallest absolute Gasteiger partial charge is 0.263 e. The monoisotopic (exact) mass is 356 g/mol. The summed E-state index contributed by atoms with van der Waals surface area (Å²) < 4.78 is 1.61. The molecule has 2 aromatic rings. The summed E-state index contributed by atoms with van der Waals surface area (Å²) in [7, 11) is 0. The van der Waals surface area contributed by atoms with E-state index in [9.17, 15) is 10.1 Å². The van der Waals surface area contributed by atoms with Gasteiger partial charge in [0.25, 0.3) is 5.56 Å². The van der Waals surface area contributed by atoms with Crippen molar-refractivity contribution in [3.05, 3.63) is 26.6 Å². The highest BCUT2D eigenvalue weighted by Gasteiger charge is 2.23. The van der Waals surface area contributed by atoms with Crippen LogP contribution in [0, 0.1) is 17.2 Å². The summed E-state index contributed by atoms with van der Waals surface area (Å²) in [5, 5.41) is 10.0. The standard InChI is InChI=1S/C19H24N4OS/c1-13-6-9-22(10-7-13)12-16-21-18-17(19(24)23(16)11-8-20)14-4-2-3-5-15(14)25-18/h13H,2-7,9-12H2,1H3. The number of rotatable bonds is 3. The Morgan fingerprint density at radius 1 is 1.28 bits per heavy atom. The number of aromatic nitrogens is 2. The van der Waals surface area contributed by atoms with Crippen LogP contribution in [0.2, 0.25) is 0 Å². The average Bonchev–Trinajstić information content (AvgIpc) is 2.98. The molecule has 4 rings (SSSR count). The summed E-state index contributed by atoms with van der Waals surface area (Å²) in [4.78, 5) is 22.6. The zero-order valence-electron chi connectivity index (χ0n) is 14.8. The van der Waals surface area contributed by atoms with Crippen LogP contribution in [0.25, 0.3) is 10.2 Å². The lowest BCUT2D eigenvalue weighted by Gasteiger charge is -2.30. The molecule has 3 heterocycles. The molecule has 6 heteroatoms. The topological polar surface area (TPSA) is 61.9 Å². The predicted molar refractivity (Wildman–Crippen MR) is 99.8 cm³/mol. The summed E-state index contributed by atoms with van der Waals surface area (Å²) in [6.45, 7) is 5.14. The number of thiophene rings is 1. The molecule has 1 fully saturated rings. The van der Waals surface area contributed by atoms with Gasteiger partial charge in [0.1, 0.15) is 17.2 Å². The van der Waals surface area contributed by atoms with Gasteiger partial charge in [0, 0.05) is 4.88 Å². The third kappa shape index (κ3) is 3.11. The maximum atomic E-state index is 13.1. The lowest BCUT2D eigenvalue weighted by atomic mass is 9.97. The molecule has 0 N–H and O–H groups in total. The van der Waals surface area contributed by atoms with E-state index in [1.54, 1.807) is 15.9 Å². The number of nitrogens with zero attached hydrogens (tertiary/aromatic N) is 4. The number of hydrogen-bond acceptors (Lipinski definition) is 5. The van der Waals surface area contributed by atoms with E-state index in [2.05, 4.69) is 17.9 Å². The second-order valence-corrected chi connectivity index (χ2v) is 8.51. The van der Waals surface area contributed by atoms with E-state index in [4.69, 9.17) is 4.98 Å². The minimum Gasteiger partial charge on any atom is -0.296 e. The molecule has 0 amide bonds. The second-order valence-electron chi connectivity index (χ2n) is 7.43. The van der Waals surface area contributed by atoms with Crippen LogP contribution in [0.1, 0.15) is 48.9 Å². The van der Waals surface area contributed by atoms with Crippen LogP contribution >= 0.6 is 11.3 Å². The van der Waals surface area contributed by atoms with E-state index in [1.165, 1.54) is 29.7 Å². The number of nitriles is 1. The molecule has 1 saturated heterocycles. The Balaban J connectivity index is 1.76. The van der Waals surface area contributed by atoms with Crippen molar-refractivity contribution in [1.29, 1.82) is 5.26 Å². The van der Waals surface area contributed by atoms with Crippen LogP contribution in [0.4, 0.5) is 0 Å². The fourth-order valence-corrected chi connectivity index (χ4v) is 5.33. The van der Waals surface area contributed by atoms with Gasteiger partial charge in [0.05, 0.1) is 18.0 Å². The molecule has 0 spiro atoms. The molecule has 0 unspecified atom stereocenters. The first-order chi connectivity index (χ1) is 12.2. The van der Waals surface area contributed by atoms with Crippen molar-refractivity contribution in [2.24, 2.45) is 5.92 Å². The molecule has 1 aliphatic carbocycles. The molecule has 25 heavy (non-hydrogen) atoms. The summed E-state index contributed by atoms with van der Waals surface area (Å²) in [6.07, 6.45) is 6.76. The highest BCUT2D eigenvalue weighted by Crippen LogP contribution is 2.34. The van der Waals surface area contributed by atoms with E-state index in [-0.39, 0.29) is 12.1 Å². The van der Waals surface area contributed by atoms with Gasteiger partial charge in [-0.2, -0.15) is 5.26 Å². The van der Waals surface area contributed by atoms with Gasteiger partial charge in [-0.3, -0.25) is 14.3 Å². The van der Waals surface area contributed by atoms with Crippen LogP contribution in [0.3, 0.4) is 0 Å². The maximum absolute atomic E-state index is 13.1. The van der Waals surface area contributed by atoms with Gasteiger partial charge in [-0.1, -0.05) is 6.92 Å². The van der Waals surface area contributed by atoms with Crippen molar-refractivity contribution in [3.8, 4) is 6.07 Å². The van der Waals surface area contributed by atoms with E-state index >= 15 is 0 Å². The lowest BCUT2D eigenvalue weighted by Crippen LogP contribution is -2.35. The zero-order valence-corrected chi connectivity index (χ0v) is 15.6. The van der Waals surface area contributed by atoms with E-state index in [1.807, 2.05) is 0 Å². The van der Waals surface area contributed by atoms with Gasteiger partial charge >= 0.3 is 0 Å². The Bertz CT molecular complexity index is 883. The van der Waals surface area contributed by atoms with E-state index in [0.29, 0.717) is 6.54 Å². The molecular formula is C19H24N4OS. The van der Waals surface area contributed by atoms with Crippen molar-refractivity contribution < 1.29 is 0 Å². The molecule has 0 bridgehead atoms. The summed E-state index contributed by atoms with van der Waals surface area (Å²) in [5.41, 5.74) is 1.19. The Hall–Kier alpha value is -1.71. The van der Waals surface area contributed by atoms with Crippen LogP contribution in [-0.2, 0) is 25.9 Å². The Morgan fingerprint density at radius 2 is 2.04 bits per heavy atom. The van der Waals surface area contributed by atoms with Crippen molar-refractivity contribution in [3.63, 3.8) is 0 Å². The van der Waals surface area contributed by atoms with Crippen molar-refractivity contribution >= 4 is 21.6 Å². The third-order valence-electron chi connectivity index (χ3n) is 5.62. The second kappa shape index (κ2) is 6.89. The number of hydrogen-bond donors (Lipinski definition) is 0. The fraction of sp³-hybridized carbons (Fsp3) is 0.632. The summed E-state index contributed by atoms with van der Waals surface area (Å²) in [5.74, 6) is 1.53. The first-order valence-corrected chi connectivity index (χ1v) is 10.1. The van der Waals surface area contributed by atoms with Crippen LogP contribution in [0.15, 0.2) is 4.79 Å². The largest absolute Gasteiger partial charge is 0.296 e. The predicted octanol–water partition coefficient (Wildman–Crippen LogP) is 3.09. The lowest BCUT2D eigenvalue weighted by molar-refractivity contribution is 0.179. The maximum Gasteiger partial charge on any atom is 0.263 e. The molecule has 5 nitrogen and oxygen atoms in total. The third-order valence-corrected chi connectivity index (χ3v) is 6.81. The molecule has 2 aromatic heterocycles. The molecule has 0 radical (unpaired) electrons. The van der Waals surface area contributed by atoms with Crippen LogP contribution in [-0.4, -0.2) is 27.5 Å². The number of fused-ring (bicyclic) bond motifs is 3. The minimum absolute atomic E-state index is 0.00803. The van der Waals surface area contributed by atoms with Crippen LogP contribution in [0.5, 0.6) is 0 Å². The zero-order chi connectivity index (χ0) is 17.4. The number of likely N-dealkylation sites (tertiary alicyclic amines) is 1. The molecule has 0 aromatic carbocycles. The summed E-state index contributed by atoms with van der Waals surface area (Å²) >= 11 is 1.69. The van der Waals surface area contributed by atoms with Gasteiger partial charge in [-0.05, 0) is 63.1 Å². The highest BCUT2D eigenvalue weighted by atomic mass is 32.1. The van der Waals surface area contributed by atoms with Gasteiger partial charge in [-0.15, -0.1) is 11.3 Å². The normalized spacial score (nSPS) is 19.0. The first-order valence-electron chi connectivity index (χ1n) is 9.30. The molecule has 2 aliphatic rings. The Morgan fingerprint density at radius 3 is 2.80 bits per heavy atom. The van der Waals surface area contributed by atoms with Crippen molar-refractivity contribution in [1.82, 2.24) is 14.5 Å². The van der Waals surface area contributed by atoms with E-state index in [0.717, 1.165) is 54.3 Å². The quantitative estimate of drug-likeness (QED) is 0.848. The van der Waals surface area contributed by atoms with Crippen LogP contribution < -0.4 is 5.56 Å². The Kier molecular flexibility index (Phi) is 4.61. The van der Waals surface area contributed by atoms with Gasteiger partial charge in [0.2, 0.25) is 0 Å². The van der Waals surface area contributed by atoms with E-state index < -0.39 is 0 Å². The molecule has 1 aliphatic heterocycles. The number of aryl methyl sites for hydroxylation is 2. The van der Waals surface area contributed by atoms with Gasteiger partial charge < -0.3 is 0 Å². The molecule has 0 atom stereocenters. The van der Waals surface area contributed by atoms with Gasteiger partial charge in [0.15, 0.2) is 0 Å².